The van der Waals surface area contributed by atoms with Crippen molar-refractivity contribution in [3.63, 3.8) is 0 Å². The molecule has 256 valence electrons. The third kappa shape index (κ3) is 9.65. The zero-order valence-corrected chi connectivity index (χ0v) is 27.5. The minimum atomic E-state index is -1.05. The van der Waals surface area contributed by atoms with Gasteiger partial charge in [-0.25, -0.2) is 0 Å². The smallest absolute Gasteiger partial charge is 0.246 e. The molecule has 6 N–H and O–H groups in total. The Bertz CT molecular complexity index is 1750. The van der Waals surface area contributed by atoms with Crippen molar-refractivity contribution < 1.29 is 29.0 Å². The number of rotatable bonds is 14. The van der Waals surface area contributed by atoms with Crippen molar-refractivity contribution in [3.05, 3.63) is 114 Å². The number of nitrogens with one attached hydrogen (secondary N) is 3. The van der Waals surface area contributed by atoms with Gasteiger partial charge in [-0.2, -0.15) is 0 Å². The fourth-order valence-corrected chi connectivity index (χ4v) is 6.11. The summed E-state index contributed by atoms with van der Waals surface area (Å²) < 4.78 is 6.29. The highest BCUT2D eigenvalue weighted by atomic mass is 16.5. The van der Waals surface area contributed by atoms with Crippen molar-refractivity contribution in [2.45, 2.75) is 57.0 Å². The number of carbonyl (C=O) groups is 4. The van der Waals surface area contributed by atoms with Gasteiger partial charge < -0.3 is 36.4 Å². The van der Waals surface area contributed by atoms with Gasteiger partial charge in [0.25, 0.3) is 0 Å². The monoisotopic (exact) mass is 665 g/mol. The van der Waals surface area contributed by atoms with Crippen LogP contribution < -0.4 is 21.7 Å². The summed E-state index contributed by atoms with van der Waals surface area (Å²) in [6.07, 6.45) is 0.139. The molecule has 0 aromatic heterocycles. The first kappa shape index (κ1) is 35.1. The molecule has 4 atom stereocenters. The maximum atomic E-state index is 14.4. The average Bonchev–Trinajstić information content (AvgIpc) is 3.54. The third-order valence-corrected chi connectivity index (χ3v) is 8.56. The maximum Gasteiger partial charge on any atom is 0.246 e. The molecular weight excluding hydrogens is 622 g/mol. The van der Waals surface area contributed by atoms with Crippen molar-refractivity contribution in [2.24, 2.45) is 5.73 Å². The van der Waals surface area contributed by atoms with Crippen LogP contribution >= 0.6 is 0 Å². The Morgan fingerprint density at radius 2 is 1.49 bits per heavy atom. The second-order valence-electron chi connectivity index (χ2n) is 12.3. The first-order valence-corrected chi connectivity index (χ1v) is 16.5. The molecule has 11 heteroatoms. The first-order valence-electron chi connectivity index (χ1n) is 16.5. The maximum absolute atomic E-state index is 14.4. The summed E-state index contributed by atoms with van der Waals surface area (Å²) in [7, 11) is 0. The molecule has 0 bridgehead atoms. The number of fused-ring (bicyclic) bond motifs is 1. The summed E-state index contributed by atoms with van der Waals surface area (Å²) in [5, 5.41) is 20.3. The van der Waals surface area contributed by atoms with E-state index in [0.29, 0.717) is 12.2 Å². The van der Waals surface area contributed by atoms with Gasteiger partial charge in [0, 0.05) is 45.8 Å². The van der Waals surface area contributed by atoms with E-state index >= 15 is 0 Å². The van der Waals surface area contributed by atoms with E-state index in [0.717, 1.165) is 21.9 Å². The lowest BCUT2D eigenvalue weighted by molar-refractivity contribution is -0.142. The van der Waals surface area contributed by atoms with Gasteiger partial charge in [0.05, 0.1) is 12.7 Å². The Labute approximate surface area is 285 Å². The van der Waals surface area contributed by atoms with E-state index in [4.69, 9.17) is 10.5 Å². The molecule has 1 aliphatic rings. The molecule has 0 saturated carbocycles. The van der Waals surface area contributed by atoms with Crippen LogP contribution in [0.4, 0.5) is 0 Å². The molecule has 1 fully saturated rings. The van der Waals surface area contributed by atoms with Crippen molar-refractivity contribution >= 4 is 34.4 Å². The second kappa shape index (κ2) is 16.7. The Balaban J connectivity index is 1.36. The molecule has 11 nitrogen and oxygen atoms in total. The largest absolute Gasteiger partial charge is 0.508 e. The zero-order valence-electron chi connectivity index (χ0n) is 27.5. The summed E-state index contributed by atoms with van der Waals surface area (Å²) in [5.41, 5.74) is 8.14. The van der Waals surface area contributed by atoms with Crippen molar-refractivity contribution in [1.82, 2.24) is 20.9 Å². The number of benzene rings is 4. The fraction of sp³-hybridized carbons (Fsp3) is 0.316. The lowest BCUT2D eigenvalue weighted by Crippen LogP contribution is -2.57. The molecule has 4 amide bonds. The van der Waals surface area contributed by atoms with Crippen molar-refractivity contribution in [3.8, 4) is 5.75 Å². The lowest BCUT2D eigenvalue weighted by Gasteiger charge is -2.30. The van der Waals surface area contributed by atoms with Crippen molar-refractivity contribution in [1.29, 1.82) is 0 Å². The number of phenolic OH excluding ortho intramolecular Hbond substituents is 1. The summed E-state index contributed by atoms with van der Waals surface area (Å²) in [5.74, 6) is -1.66. The molecular formula is C38H43N5O6. The van der Waals surface area contributed by atoms with Gasteiger partial charge in [-0.15, -0.1) is 0 Å². The summed E-state index contributed by atoms with van der Waals surface area (Å²) in [6.45, 7) is 2.26. The molecule has 1 saturated heterocycles. The summed E-state index contributed by atoms with van der Waals surface area (Å²) in [6, 6.07) is 26.9. The van der Waals surface area contributed by atoms with E-state index in [1.165, 1.54) is 24.0 Å². The van der Waals surface area contributed by atoms with Crippen LogP contribution in [-0.2, 0) is 43.4 Å². The number of likely N-dealkylation sites (tertiary alicyclic amines) is 1. The lowest BCUT2D eigenvalue weighted by atomic mass is 10.0. The van der Waals surface area contributed by atoms with Crippen molar-refractivity contribution in [2.75, 3.05) is 19.6 Å². The predicted molar refractivity (Wildman–Crippen MR) is 186 cm³/mol. The minimum absolute atomic E-state index is 0.0769. The van der Waals surface area contributed by atoms with Crippen LogP contribution in [0, 0.1) is 0 Å². The molecule has 0 radical (unpaired) electrons. The van der Waals surface area contributed by atoms with Crippen LogP contribution in [0.2, 0.25) is 0 Å². The molecule has 49 heavy (non-hydrogen) atoms. The Morgan fingerprint density at radius 3 is 2.20 bits per heavy atom. The minimum Gasteiger partial charge on any atom is -0.508 e. The van der Waals surface area contributed by atoms with Gasteiger partial charge >= 0.3 is 0 Å². The highest BCUT2D eigenvalue weighted by molar-refractivity contribution is 5.95. The molecule has 1 aliphatic heterocycles. The number of amides is 4. The van der Waals surface area contributed by atoms with Crippen LogP contribution in [0.5, 0.6) is 5.75 Å². The number of hydrogen-bond acceptors (Lipinski definition) is 7. The number of nitrogens with zero attached hydrogens (tertiary/aromatic N) is 1. The molecule has 5 rings (SSSR count). The van der Waals surface area contributed by atoms with E-state index in [2.05, 4.69) is 22.0 Å². The fourth-order valence-electron chi connectivity index (χ4n) is 6.11. The molecule has 0 unspecified atom stereocenters. The molecule has 4 aromatic carbocycles. The number of hydrogen-bond donors (Lipinski definition) is 5. The predicted octanol–water partition coefficient (Wildman–Crippen LogP) is 2.58. The normalized spacial score (nSPS) is 16.9. The average molecular weight is 666 g/mol. The topological polar surface area (TPSA) is 163 Å². The van der Waals surface area contributed by atoms with E-state index in [1.54, 1.807) is 12.1 Å². The number of ether oxygens (including phenoxy) is 1. The van der Waals surface area contributed by atoms with Gasteiger partial charge in [-0.05, 0) is 45.7 Å². The van der Waals surface area contributed by atoms with Crippen LogP contribution in [-0.4, -0.2) is 77.5 Å². The van der Waals surface area contributed by atoms with E-state index < -0.39 is 42.0 Å². The highest BCUT2D eigenvalue weighted by Gasteiger charge is 2.43. The van der Waals surface area contributed by atoms with Gasteiger partial charge in [-0.3, -0.25) is 19.2 Å². The van der Waals surface area contributed by atoms with Gasteiger partial charge in [0.2, 0.25) is 23.6 Å². The molecule has 0 aliphatic carbocycles. The zero-order chi connectivity index (χ0) is 34.8. The Kier molecular flexibility index (Phi) is 12.0. The number of carbonyl (C=O) groups excluding carboxylic acids is 4. The number of phenols is 1. The van der Waals surface area contributed by atoms with E-state index in [9.17, 15) is 24.3 Å². The summed E-state index contributed by atoms with van der Waals surface area (Å²) in [4.78, 5) is 55.2. The van der Waals surface area contributed by atoms with Gasteiger partial charge in [-0.1, -0.05) is 78.9 Å². The quantitative estimate of drug-likeness (QED) is 0.138. The molecule has 0 spiro atoms. The van der Waals surface area contributed by atoms with Gasteiger partial charge in [0.15, 0.2) is 0 Å². The Morgan fingerprint density at radius 1 is 0.837 bits per heavy atom. The second-order valence-corrected chi connectivity index (χ2v) is 12.3. The van der Waals surface area contributed by atoms with Gasteiger partial charge in [0.1, 0.15) is 23.9 Å². The van der Waals surface area contributed by atoms with Crippen LogP contribution in [0.15, 0.2) is 97.1 Å². The van der Waals surface area contributed by atoms with E-state index in [1.807, 2.05) is 66.7 Å². The number of nitrogens with two attached hydrogens (primary N) is 1. The van der Waals surface area contributed by atoms with Crippen LogP contribution in [0.1, 0.15) is 30.0 Å². The third-order valence-electron chi connectivity index (χ3n) is 8.56. The molecule has 4 aromatic rings. The SMILES string of the molecule is CC(=O)N[C@H](Cc1ccc(O)cc1)C(=O)N[C@H](Cc1ccccc1)C(=O)N1C[C@H](OCc2ccc3ccccc3c2)C[C@@H]1C(=O)NCCN. The molecule has 1 heterocycles. The van der Waals surface area contributed by atoms with Crippen LogP contribution in [0.25, 0.3) is 10.8 Å². The standard InChI is InChI=1S/C38H43N5O6/c1-25(44)41-33(20-27-12-15-31(45)16-13-27)36(46)42-34(21-26-7-3-2-4-8-26)38(48)43-23-32(22-35(43)37(47)40-18-17-39)49-24-28-11-14-29-9-5-6-10-30(29)19-28/h2-16,19,32-35,45H,17-18,20-24,39H2,1H3,(H,40,47)(H,41,44)(H,42,46)/t32-,33-,34-,35-/m1/s1. The van der Waals surface area contributed by atoms with E-state index in [-0.39, 0.29) is 50.6 Å². The highest BCUT2D eigenvalue weighted by Crippen LogP contribution is 2.25. The summed E-state index contributed by atoms with van der Waals surface area (Å²) >= 11 is 0. The number of aromatic hydroxyl groups is 1. The Hall–Kier alpha value is -5.26. The first-order chi connectivity index (χ1) is 23.7. The van der Waals surface area contributed by atoms with Crippen LogP contribution in [0.3, 0.4) is 0 Å².